The smallest absolute Gasteiger partial charge is 0.201 e. The van der Waals surface area contributed by atoms with Gasteiger partial charge < -0.3 is 0 Å². The number of hydrogen-bond donors (Lipinski definition) is 0. The van der Waals surface area contributed by atoms with Gasteiger partial charge in [-0.3, -0.25) is 0 Å². The first-order valence-corrected chi connectivity index (χ1v) is 7.04. The van der Waals surface area contributed by atoms with E-state index in [-0.39, 0.29) is 0 Å². The number of thiophene rings is 1. The maximum Gasteiger partial charge on any atom is 0.299 e. The lowest BCUT2D eigenvalue weighted by molar-refractivity contribution is 0.135. The Labute approximate surface area is 111 Å². The van der Waals surface area contributed by atoms with Crippen LogP contribution in [0.5, 0.6) is 0 Å². The van der Waals surface area contributed by atoms with Gasteiger partial charge in [0.1, 0.15) is 0 Å². The molecule has 0 N–H and O–H groups in total. The van der Waals surface area contributed by atoms with Crippen molar-refractivity contribution in [1.82, 2.24) is 14.9 Å². The summed E-state index contributed by atoms with van der Waals surface area (Å²) < 4.78 is 26.5. The van der Waals surface area contributed by atoms with Gasteiger partial charge >= 0.3 is 0 Å². The van der Waals surface area contributed by atoms with Crippen LogP contribution in [-0.4, -0.2) is 27.3 Å². The molecule has 2 heterocycles. The highest BCUT2D eigenvalue weighted by molar-refractivity contribution is 7.98. The molecule has 96 valence electrons. The van der Waals surface area contributed by atoms with Crippen molar-refractivity contribution in [2.24, 2.45) is 5.10 Å². The summed E-state index contributed by atoms with van der Waals surface area (Å²) in [4.78, 5) is 2.04. The fraction of sp³-hybridized carbons (Fsp3) is 0.300. The lowest BCUT2D eigenvalue weighted by Crippen LogP contribution is -2.00. The molecule has 0 fully saturated rings. The van der Waals surface area contributed by atoms with Crippen molar-refractivity contribution in [2.45, 2.75) is 18.5 Å². The highest BCUT2D eigenvalue weighted by atomic mass is 32.2. The van der Waals surface area contributed by atoms with Crippen LogP contribution in [0.15, 0.2) is 22.4 Å². The normalized spacial score (nSPS) is 11.8. The predicted molar refractivity (Wildman–Crippen MR) is 68.8 cm³/mol. The highest BCUT2D eigenvalue weighted by Gasteiger charge is 2.19. The fourth-order valence-corrected chi connectivity index (χ4v) is 2.47. The Morgan fingerprint density at radius 1 is 1.44 bits per heavy atom. The molecule has 2 aromatic heterocycles. The Kier molecular flexibility index (Phi) is 4.07. The fourth-order valence-electron chi connectivity index (χ4n) is 1.29. The quantitative estimate of drug-likeness (QED) is 0.641. The summed E-state index contributed by atoms with van der Waals surface area (Å²) in [6.45, 7) is 1.97. The molecule has 8 heteroatoms. The monoisotopic (exact) mass is 288 g/mol. The number of aryl methyl sites for hydroxylation is 1. The molecule has 0 radical (unpaired) electrons. The molecular weight excluding hydrogens is 278 g/mol. The van der Waals surface area contributed by atoms with Gasteiger partial charge in [0.15, 0.2) is 0 Å². The number of aromatic nitrogens is 3. The van der Waals surface area contributed by atoms with Crippen molar-refractivity contribution in [3.05, 3.63) is 27.7 Å². The zero-order valence-electron chi connectivity index (χ0n) is 9.67. The summed E-state index contributed by atoms with van der Waals surface area (Å²) in [6.07, 6.45) is 0.577. The lowest BCUT2D eigenvalue weighted by atomic mass is 10.4. The standard InChI is InChI=1S/C10H10F2N4S2/c1-6-3-4-7(18-6)5-13-16-9(8(11)12)14-15-10(16)17-2/h3-5,8H,1-2H3. The van der Waals surface area contributed by atoms with Gasteiger partial charge in [0.2, 0.25) is 11.0 Å². The van der Waals surface area contributed by atoms with E-state index in [0.717, 1.165) is 14.4 Å². The van der Waals surface area contributed by atoms with Crippen molar-refractivity contribution in [3.63, 3.8) is 0 Å². The molecule has 4 nitrogen and oxygen atoms in total. The first kappa shape index (κ1) is 13.2. The largest absolute Gasteiger partial charge is 0.299 e. The minimum atomic E-state index is -2.69. The SMILES string of the molecule is CSc1nnc(C(F)F)n1N=Cc1ccc(C)s1. The van der Waals surface area contributed by atoms with E-state index < -0.39 is 12.2 Å². The first-order chi connectivity index (χ1) is 8.61. The zero-order chi connectivity index (χ0) is 13.1. The summed E-state index contributed by atoms with van der Waals surface area (Å²) in [5, 5.41) is 11.5. The number of hydrogen-bond acceptors (Lipinski definition) is 5. The topological polar surface area (TPSA) is 43.1 Å². The Hall–Kier alpha value is -1.28. The predicted octanol–water partition coefficient (Wildman–Crippen LogP) is 3.19. The average Bonchev–Trinajstić information content (AvgIpc) is 2.91. The van der Waals surface area contributed by atoms with Gasteiger partial charge in [-0.25, -0.2) is 8.78 Å². The summed E-state index contributed by atoms with van der Waals surface area (Å²) >= 11 is 2.76. The average molecular weight is 288 g/mol. The molecule has 0 bridgehead atoms. The van der Waals surface area contributed by atoms with Crippen molar-refractivity contribution in [3.8, 4) is 0 Å². The van der Waals surface area contributed by atoms with Crippen molar-refractivity contribution >= 4 is 29.3 Å². The molecule has 0 atom stereocenters. The van der Waals surface area contributed by atoms with Gasteiger partial charge in [0, 0.05) is 9.75 Å². The molecule has 0 saturated heterocycles. The Balaban J connectivity index is 2.32. The van der Waals surface area contributed by atoms with Gasteiger partial charge in [-0.05, 0) is 25.3 Å². The third-order valence-corrected chi connectivity index (χ3v) is 3.63. The van der Waals surface area contributed by atoms with E-state index in [1.165, 1.54) is 29.3 Å². The molecule has 0 aliphatic carbocycles. The number of halogens is 2. The van der Waals surface area contributed by atoms with E-state index in [1.807, 2.05) is 19.1 Å². The van der Waals surface area contributed by atoms with Crippen LogP contribution in [0.2, 0.25) is 0 Å². The maximum absolute atomic E-state index is 12.7. The van der Waals surface area contributed by atoms with Gasteiger partial charge in [0.25, 0.3) is 6.43 Å². The van der Waals surface area contributed by atoms with Gasteiger partial charge in [-0.2, -0.15) is 9.78 Å². The Bertz CT molecular complexity index is 562. The Morgan fingerprint density at radius 3 is 2.78 bits per heavy atom. The van der Waals surface area contributed by atoms with Crippen LogP contribution >= 0.6 is 23.1 Å². The minimum Gasteiger partial charge on any atom is -0.201 e. The molecule has 2 aromatic rings. The second-order valence-electron chi connectivity index (χ2n) is 3.35. The van der Waals surface area contributed by atoms with E-state index in [0.29, 0.717) is 5.16 Å². The minimum absolute atomic E-state index is 0.342. The second kappa shape index (κ2) is 5.57. The van der Waals surface area contributed by atoms with E-state index in [2.05, 4.69) is 15.3 Å². The molecular formula is C10H10F2N4S2. The molecule has 2 rings (SSSR count). The maximum atomic E-state index is 12.7. The molecule has 0 amide bonds. The van der Waals surface area contributed by atoms with Crippen molar-refractivity contribution < 1.29 is 8.78 Å². The van der Waals surface area contributed by atoms with Crippen LogP contribution in [-0.2, 0) is 0 Å². The van der Waals surface area contributed by atoms with Crippen LogP contribution in [0.3, 0.4) is 0 Å². The van der Waals surface area contributed by atoms with Crippen molar-refractivity contribution in [1.29, 1.82) is 0 Å². The third-order valence-electron chi connectivity index (χ3n) is 2.08. The summed E-state index contributed by atoms with van der Waals surface area (Å²) in [7, 11) is 0. The number of thioether (sulfide) groups is 1. The van der Waals surface area contributed by atoms with Gasteiger partial charge in [0.05, 0.1) is 6.21 Å². The van der Waals surface area contributed by atoms with Crippen molar-refractivity contribution in [2.75, 3.05) is 6.26 Å². The summed E-state index contributed by atoms with van der Waals surface area (Å²) in [5.41, 5.74) is 0. The molecule has 0 saturated carbocycles. The number of alkyl halides is 2. The molecule has 0 unspecified atom stereocenters. The molecule has 0 aliphatic rings. The summed E-state index contributed by atoms with van der Waals surface area (Å²) in [6, 6.07) is 3.83. The van der Waals surface area contributed by atoms with E-state index >= 15 is 0 Å². The van der Waals surface area contributed by atoms with Gasteiger partial charge in [-0.15, -0.1) is 21.5 Å². The first-order valence-electron chi connectivity index (χ1n) is 5.00. The van der Waals surface area contributed by atoms with E-state index in [9.17, 15) is 8.78 Å². The highest BCUT2D eigenvalue weighted by Crippen LogP contribution is 2.22. The molecule has 0 aliphatic heterocycles. The van der Waals surface area contributed by atoms with Crippen LogP contribution in [0.25, 0.3) is 0 Å². The Morgan fingerprint density at radius 2 is 2.22 bits per heavy atom. The number of rotatable bonds is 4. The third kappa shape index (κ3) is 2.75. The lowest BCUT2D eigenvalue weighted by Gasteiger charge is -2.00. The van der Waals surface area contributed by atoms with E-state index in [4.69, 9.17) is 0 Å². The second-order valence-corrected chi connectivity index (χ2v) is 5.44. The van der Waals surface area contributed by atoms with Crippen LogP contribution in [0, 0.1) is 6.92 Å². The summed E-state index contributed by atoms with van der Waals surface area (Å²) in [5.74, 6) is -0.441. The molecule has 18 heavy (non-hydrogen) atoms. The molecule has 0 spiro atoms. The van der Waals surface area contributed by atoms with Crippen LogP contribution < -0.4 is 0 Å². The van der Waals surface area contributed by atoms with Crippen LogP contribution in [0.1, 0.15) is 22.0 Å². The number of nitrogens with zero attached hydrogens (tertiary/aromatic N) is 4. The van der Waals surface area contributed by atoms with Crippen LogP contribution in [0.4, 0.5) is 8.78 Å². The zero-order valence-corrected chi connectivity index (χ0v) is 11.3. The van der Waals surface area contributed by atoms with Gasteiger partial charge in [-0.1, -0.05) is 11.8 Å². The van der Waals surface area contributed by atoms with E-state index in [1.54, 1.807) is 6.26 Å². The molecule has 0 aromatic carbocycles.